The molecule has 2 amide bonds. The molecule has 1 atom stereocenters. The smallest absolute Gasteiger partial charge is 0.323 e. The molecule has 1 aliphatic rings. The second kappa shape index (κ2) is 9.09. The molecule has 6 nitrogen and oxygen atoms in total. The summed E-state index contributed by atoms with van der Waals surface area (Å²) in [6, 6.07) is 13.0. The molecule has 0 radical (unpaired) electrons. The van der Waals surface area contributed by atoms with Crippen molar-refractivity contribution in [2.24, 2.45) is 4.99 Å². The molecule has 1 aromatic heterocycles. The Labute approximate surface area is 179 Å². The third-order valence-corrected chi connectivity index (χ3v) is 5.24. The fraction of sp³-hybridized carbons (Fsp3) is 0.227. The normalized spacial score (nSPS) is 17.5. The molecule has 0 aliphatic carbocycles. The van der Waals surface area contributed by atoms with Gasteiger partial charge in [-0.2, -0.15) is 0 Å². The second-order valence-corrected chi connectivity index (χ2v) is 7.47. The van der Waals surface area contributed by atoms with Crippen LogP contribution in [0.25, 0.3) is 0 Å². The fourth-order valence-corrected chi connectivity index (χ4v) is 3.62. The van der Waals surface area contributed by atoms with E-state index in [1.807, 2.05) is 22.9 Å². The molecule has 0 saturated carbocycles. The largest absolute Gasteiger partial charge is 0.337 e. The van der Waals surface area contributed by atoms with E-state index in [2.05, 4.69) is 15.3 Å². The molecule has 2 heterocycles. The Bertz CT molecular complexity index is 1040. The van der Waals surface area contributed by atoms with Crippen LogP contribution in [0.5, 0.6) is 0 Å². The molecule has 0 spiro atoms. The summed E-state index contributed by atoms with van der Waals surface area (Å²) in [5, 5.41) is 3.48. The standard InChI is InChI=1S/C22H21ClFN5O/c23-17-8-6-16(7-9-17)14-26-21-20(18-4-1-2-5-19(18)24)29(22(30)27-21)12-3-11-28-13-10-25-15-28/h1-2,4-10,13,15,20H,3,11-12,14H2,(H,26,27,30). The van der Waals surface area contributed by atoms with E-state index in [1.165, 1.54) is 6.07 Å². The Kier molecular flexibility index (Phi) is 6.09. The number of aryl methyl sites for hydroxylation is 1. The minimum absolute atomic E-state index is 0.274. The SMILES string of the molecule is O=C1N/C(=N\Cc2ccc(Cl)cc2)C(c2ccccc2F)N1CCCn1ccnc1. The summed E-state index contributed by atoms with van der Waals surface area (Å²) in [4.78, 5) is 23.0. The van der Waals surface area contributed by atoms with E-state index in [0.717, 1.165) is 5.56 Å². The van der Waals surface area contributed by atoms with Crippen LogP contribution in [0.4, 0.5) is 9.18 Å². The van der Waals surface area contributed by atoms with Gasteiger partial charge in [0.05, 0.1) is 12.9 Å². The van der Waals surface area contributed by atoms with Crippen molar-refractivity contribution >= 4 is 23.5 Å². The maximum atomic E-state index is 14.6. The van der Waals surface area contributed by atoms with Gasteiger partial charge in [0.15, 0.2) is 0 Å². The summed E-state index contributed by atoms with van der Waals surface area (Å²) >= 11 is 5.94. The van der Waals surface area contributed by atoms with Crippen LogP contribution in [0.2, 0.25) is 5.02 Å². The second-order valence-electron chi connectivity index (χ2n) is 7.03. The molecular formula is C22H21ClFN5O. The molecule has 2 aromatic carbocycles. The predicted molar refractivity (Wildman–Crippen MR) is 114 cm³/mol. The van der Waals surface area contributed by atoms with Gasteiger partial charge in [0.2, 0.25) is 0 Å². The van der Waals surface area contributed by atoms with Gasteiger partial charge in [-0.05, 0) is 30.2 Å². The first-order valence-corrected chi connectivity index (χ1v) is 10.1. The minimum Gasteiger partial charge on any atom is -0.337 e. The van der Waals surface area contributed by atoms with Crippen LogP contribution in [-0.4, -0.2) is 32.9 Å². The lowest BCUT2D eigenvalue weighted by molar-refractivity contribution is 0.203. The van der Waals surface area contributed by atoms with Crippen molar-refractivity contribution in [3.05, 3.63) is 89.2 Å². The van der Waals surface area contributed by atoms with Crippen molar-refractivity contribution in [1.82, 2.24) is 19.8 Å². The summed E-state index contributed by atoms with van der Waals surface area (Å²) in [6.45, 7) is 1.54. The number of hydrogen-bond donors (Lipinski definition) is 1. The molecule has 1 fully saturated rings. The average Bonchev–Trinajstić information content (AvgIpc) is 3.36. The van der Waals surface area contributed by atoms with Crippen LogP contribution >= 0.6 is 11.6 Å². The van der Waals surface area contributed by atoms with Crippen molar-refractivity contribution < 1.29 is 9.18 Å². The molecule has 30 heavy (non-hydrogen) atoms. The Hall–Kier alpha value is -3.19. The van der Waals surface area contributed by atoms with Gasteiger partial charge in [0.1, 0.15) is 17.7 Å². The number of aromatic nitrogens is 2. The van der Waals surface area contributed by atoms with E-state index in [-0.39, 0.29) is 11.8 Å². The minimum atomic E-state index is -0.589. The van der Waals surface area contributed by atoms with Crippen LogP contribution in [-0.2, 0) is 13.1 Å². The molecule has 0 bridgehead atoms. The van der Waals surface area contributed by atoms with Gasteiger partial charge in [0.25, 0.3) is 0 Å². The summed E-state index contributed by atoms with van der Waals surface area (Å²) < 4.78 is 16.6. The summed E-state index contributed by atoms with van der Waals surface area (Å²) in [5.74, 6) is 0.0838. The average molecular weight is 426 g/mol. The zero-order valence-electron chi connectivity index (χ0n) is 16.2. The summed E-state index contributed by atoms with van der Waals surface area (Å²) in [5.41, 5.74) is 1.38. The van der Waals surface area contributed by atoms with E-state index < -0.39 is 6.04 Å². The Morgan fingerprint density at radius 3 is 2.67 bits per heavy atom. The number of urea groups is 1. The molecule has 154 valence electrons. The molecule has 1 N–H and O–H groups in total. The van der Waals surface area contributed by atoms with Gasteiger partial charge in [-0.15, -0.1) is 0 Å². The highest BCUT2D eigenvalue weighted by molar-refractivity contribution is 6.30. The van der Waals surface area contributed by atoms with Crippen LogP contribution in [0.1, 0.15) is 23.6 Å². The number of halogens is 2. The number of benzene rings is 2. The number of carbonyl (C=O) groups excluding carboxylic acids is 1. The topological polar surface area (TPSA) is 62.5 Å². The quantitative estimate of drug-likeness (QED) is 0.608. The Balaban J connectivity index is 1.57. The molecule has 1 saturated heterocycles. The number of amides is 2. The van der Waals surface area contributed by atoms with Crippen LogP contribution in [0.3, 0.4) is 0 Å². The lowest BCUT2D eigenvalue weighted by Gasteiger charge is -2.23. The third kappa shape index (κ3) is 4.52. The molecule has 8 heteroatoms. The fourth-order valence-electron chi connectivity index (χ4n) is 3.49. The number of hydrogen-bond acceptors (Lipinski definition) is 3. The van der Waals surface area contributed by atoms with E-state index in [9.17, 15) is 9.18 Å². The van der Waals surface area contributed by atoms with Crippen LogP contribution < -0.4 is 5.32 Å². The van der Waals surface area contributed by atoms with Crippen molar-refractivity contribution in [2.75, 3.05) is 6.54 Å². The van der Waals surface area contributed by atoms with Gasteiger partial charge in [0, 0.05) is 36.1 Å². The van der Waals surface area contributed by atoms with Crippen molar-refractivity contribution in [3.8, 4) is 0 Å². The first-order valence-electron chi connectivity index (χ1n) is 9.68. The van der Waals surface area contributed by atoms with E-state index in [1.54, 1.807) is 47.8 Å². The number of imidazole rings is 1. The molecule has 1 unspecified atom stereocenters. The molecular weight excluding hydrogens is 405 g/mol. The van der Waals surface area contributed by atoms with Crippen molar-refractivity contribution in [2.45, 2.75) is 25.6 Å². The van der Waals surface area contributed by atoms with Gasteiger partial charge in [-0.3, -0.25) is 10.3 Å². The van der Waals surface area contributed by atoms with Crippen molar-refractivity contribution in [3.63, 3.8) is 0 Å². The predicted octanol–water partition coefficient (Wildman–Crippen LogP) is 4.43. The third-order valence-electron chi connectivity index (χ3n) is 4.99. The highest BCUT2D eigenvalue weighted by Crippen LogP contribution is 2.29. The number of aliphatic imine (C=N–C) groups is 1. The van der Waals surface area contributed by atoms with Crippen LogP contribution in [0, 0.1) is 5.82 Å². The number of amidine groups is 1. The molecule has 3 aromatic rings. The zero-order chi connectivity index (χ0) is 20.9. The lowest BCUT2D eigenvalue weighted by atomic mass is 10.0. The number of nitrogens with one attached hydrogen (secondary N) is 1. The van der Waals surface area contributed by atoms with Gasteiger partial charge in [-0.25, -0.2) is 14.2 Å². The molecule has 1 aliphatic heterocycles. The maximum absolute atomic E-state index is 14.6. The number of rotatable bonds is 7. The lowest BCUT2D eigenvalue weighted by Crippen LogP contribution is -2.31. The zero-order valence-corrected chi connectivity index (χ0v) is 17.0. The highest BCUT2D eigenvalue weighted by Gasteiger charge is 2.38. The first kappa shape index (κ1) is 20.1. The van der Waals surface area contributed by atoms with E-state index >= 15 is 0 Å². The molecule has 4 rings (SSSR count). The van der Waals surface area contributed by atoms with Crippen molar-refractivity contribution in [1.29, 1.82) is 0 Å². The highest BCUT2D eigenvalue weighted by atomic mass is 35.5. The van der Waals surface area contributed by atoms with Gasteiger partial charge >= 0.3 is 6.03 Å². The van der Waals surface area contributed by atoms with E-state index in [0.29, 0.717) is 42.5 Å². The number of nitrogens with zero attached hydrogens (tertiary/aromatic N) is 4. The first-order chi connectivity index (χ1) is 14.6. The monoisotopic (exact) mass is 425 g/mol. The number of carbonyl (C=O) groups is 1. The van der Waals surface area contributed by atoms with Gasteiger partial charge < -0.3 is 9.47 Å². The summed E-state index contributed by atoms with van der Waals surface area (Å²) in [6.07, 6.45) is 6.03. The van der Waals surface area contributed by atoms with E-state index in [4.69, 9.17) is 11.6 Å². The van der Waals surface area contributed by atoms with Crippen LogP contribution in [0.15, 0.2) is 72.2 Å². The van der Waals surface area contributed by atoms with Gasteiger partial charge in [-0.1, -0.05) is 41.9 Å². The summed E-state index contributed by atoms with van der Waals surface area (Å²) in [7, 11) is 0. The maximum Gasteiger partial charge on any atom is 0.323 e. The Morgan fingerprint density at radius 1 is 1.13 bits per heavy atom. The Morgan fingerprint density at radius 2 is 1.93 bits per heavy atom.